The number of carbonyl (C=O) groups excluding carboxylic acids is 2. The SMILES string of the molecule is COC(=O)c1ccc(NC(=O)c2ccccc2Br)nc1. The number of nitrogens with zero attached hydrogens (tertiary/aromatic N) is 1. The van der Waals surface area contributed by atoms with E-state index in [0.717, 1.165) is 0 Å². The first kappa shape index (κ1) is 14.2. The monoisotopic (exact) mass is 334 g/mol. The van der Waals surface area contributed by atoms with Crippen molar-refractivity contribution in [2.75, 3.05) is 12.4 Å². The number of anilines is 1. The van der Waals surface area contributed by atoms with E-state index in [1.54, 1.807) is 24.3 Å². The number of aromatic nitrogens is 1. The van der Waals surface area contributed by atoms with Crippen LogP contribution in [0.15, 0.2) is 47.1 Å². The first-order chi connectivity index (χ1) is 9.61. The molecule has 6 heteroatoms. The topological polar surface area (TPSA) is 68.3 Å². The number of carbonyl (C=O) groups is 2. The third kappa shape index (κ3) is 3.21. The van der Waals surface area contributed by atoms with E-state index in [0.29, 0.717) is 21.4 Å². The molecule has 0 saturated carbocycles. The molecular weight excluding hydrogens is 324 g/mol. The molecule has 1 amide bonds. The molecule has 2 aromatic rings. The molecule has 1 aromatic heterocycles. The third-order valence-electron chi connectivity index (χ3n) is 2.54. The summed E-state index contributed by atoms with van der Waals surface area (Å²) in [5.41, 5.74) is 0.831. The van der Waals surface area contributed by atoms with Crippen LogP contribution in [0.2, 0.25) is 0 Å². The number of nitrogens with one attached hydrogen (secondary N) is 1. The summed E-state index contributed by atoms with van der Waals surface area (Å²) in [6.45, 7) is 0. The Bertz CT molecular complexity index is 641. The van der Waals surface area contributed by atoms with E-state index in [-0.39, 0.29) is 5.91 Å². The predicted molar refractivity (Wildman–Crippen MR) is 77.7 cm³/mol. The van der Waals surface area contributed by atoms with Crippen molar-refractivity contribution in [3.8, 4) is 0 Å². The summed E-state index contributed by atoms with van der Waals surface area (Å²) in [6, 6.07) is 10.2. The van der Waals surface area contributed by atoms with Crippen molar-refractivity contribution >= 4 is 33.6 Å². The number of benzene rings is 1. The summed E-state index contributed by atoms with van der Waals surface area (Å²) in [6.07, 6.45) is 1.35. The van der Waals surface area contributed by atoms with E-state index in [9.17, 15) is 9.59 Å². The molecular formula is C14H11BrN2O3. The molecule has 0 aliphatic rings. The summed E-state index contributed by atoms with van der Waals surface area (Å²) < 4.78 is 5.27. The number of pyridine rings is 1. The Kier molecular flexibility index (Phi) is 4.47. The molecule has 1 N–H and O–H groups in total. The summed E-state index contributed by atoms with van der Waals surface area (Å²) in [5, 5.41) is 2.65. The highest BCUT2D eigenvalue weighted by atomic mass is 79.9. The van der Waals surface area contributed by atoms with Crippen LogP contribution in [0.4, 0.5) is 5.82 Å². The van der Waals surface area contributed by atoms with Crippen molar-refractivity contribution in [3.05, 3.63) is 58.2 Å². The molecule has 0 atom stereocenters. The molecule has 1 heterocycles. The maximum absolute atomic E-state index is 12.0. The Balaban J connectivity index is 2.13. The molecule has 5 nitrogen and oxygen atoms in total. The number of hydrogen-bond donors (Lipinski definition) is 1. The quantitative estimate of drug-likeness (QED) is 0.876. The van der Waals surface area contributed by atoms with E-state index < -0.39 is 5.97 Å². The van der Waals surface area contributed by atoms with Gasteiger partial charge in [0.2, 0.25) is 0 Å². The summed E-state index contributed by atoms with van der Waals surface area (Å²) in [5.74, 6) is -0.393. The lowest BCUT2D eigenvalue weighted by molar-refractivity contribution is 0.0600. The molecule has 0 aliphatic carbocycles. The maximum Gasteiger partial charge on any atom is 0.339 e. The number of ether oxygens (including phenoxy) is 1. The Labute approximate surface area is 124 Å². The summed E-state index contributed by atoms with van der Waals surface area (Å²) in [7, 11) is 1.30. The van der Waals surface area contributed by atoms with E-state index >= 15 is 0 Å². The van der Waals surface area contributed by atoms with E-state index in [2.05, 4.69) is 31.0 Å². The second-order valence-corrected chi connectivity index (χ2v) is 4.71. The number of esters is 1. The summed E-state index contributed by atoms with van der Waals surface area (Å²) >= 11 is 3.31. The number of halogens is 1. The zero-order valence-electron chi connectivity index (χ0n) is 10.6. The van der Waals surface area contributed by atoms with Gasteiger partial charge in [0.25, 0.3) is 5.91 Å². The zero-order valence-corrected chi connectivity index (χ0v) is 12.2. The van der Waals surface area contributed by atoms with Gasteiger partial charge >= 0.3 is 5.97 Å². The van der Waals surface area contributed by atoms with Crippen molar-refractivity contribution < 1.29 is 14.3 Å². The van der Waals surface area contributed by atoms with Gasteiger partial charge < -0.3 is 10.1 Å². The number of methoxy groups -OCH3 is 1. The van der Waals surface area contributed by atoms with Crippen LogP contribution in [0.5, 0.6) is 0 Å². The number of rotatable bonds is 3. The van der Waals surface area contributed by atoms with Crippen molar-refractivity contribution in [1.82, 2.24) is 4.98 Å². The van der Waals surface area contributed by atoms with Gasteiger partial charge in [0.15, 0.2) is 0 Å². The van der Waals surface area contributed by atoms with Crippen molar-refractivity contribution in [1.29, 1.82) is 0 Å². The van der Waals surface area contributed by atoms with E-state index in [1.165, 1.54) is 19.4 Å². The molecule has 0 bridgehead atoms. The molecule has 1 aromatic carbocycles. The lowest BCUT2D eigenvalue weighted by Gasteiger charge is -2.06. The molecule has 0 radical (unpaired) electrons. The zero-order chi connectivity index (χ0) is 14.5. The molecule has 2 rings (SSSR count). The summed E-state index contributed by atoms with van der Waals surface area (Å²) in [4.78, 5) is 27.3. The van der Waals surface area contributed by atoms with Crippen LogP contribution in [0.1, 0.15) is 20.7 Å². The second kappa shape index (κ2) is 6.29. The fraction of sp³-hybridized carbons (Fsp3) is 0.0714. The fourth-order valence-corrected chi connectivity index (χ4v) is 2.00. The van der Waals surface area contributed by atoms with Crippen molar-refractivity contribution in [2.45, 2.75) is 0 Å². The smallest absolute Gasteiger partial charge is 0.339 e. The normalized spacial score (nSPS) is 9.90. The van der Waals surface area contributed by atoms with Crippen LogP contribution in [0.3, 0.4) is 0 Å². The average Bonchev–Trinajstić information content (AvgIpc) is 2.47. The minimum absolute atomic E-state index is 0.282. The first-order valence-corrected chi connectivity index (χ1v) is 6.51. The number of hydrogen-bond acceptors (Lipinski definition) is 4. The van der Waals surface area contributed by atoms with Gasteiger partial charge in [-0.3, -0.25) is 4.79 Å². The van der Waals surface area contributed by atoms with Gasteiger partial charge in [-0.15, -0.1) is 0 Å². The Hall–Kier alpha value is -2.21. The van der Waals surface area contributed by atoms with Crippen LogP contribution < -0.4 is 5.32 Å². The molecule has 0 spiro atoms. The minimum atomic E-state index is -0.471. The minimum Gasteiger partial charge on any atom is -0.465 e. The lowest BCUT2D eigenvalue weighted by atomic mass is 10.2. The average molecular weight is 335 g/mol. The molecule has 20 heavy (non-hydrogen) atoms. The molecule has 0 fully saturated rings. The van der Waals surface area contributed by atoms with Gasteiger partial charge in [-0.1, -0.05) is 12.1 Å². The van der Waals surface area contributed by atoms with Gasteiger partial charge in [0.05, 0.1) is 18.2 Å². The highest BCUT2D eigenvalue weighted by molar-refractivity contribution is 9.10. The molecule has 0 saturated heterocycles. The second-order valence-electron chi connectivity index (χ2n) is 3.86. The fourth-order valence-electron chi connectivity index (χ4n) is 1.54. The lowest BCUT2D eigenvalue weighted by Crippen LogP contribution is -2.13. The first-order valence-electron chi connectivity index (χ1n) is 5.72. The maximum atomic E-state index is 12.0. The van der Waals surface area contributed by atoms with Crippen LogP contribution in [-0.2, 0) is 4.74 Å². The van der Waals surface area contributed by atoms with E-state index in [1.807, 2.05) is 6.07 Å². The molecule has 102 valence electrons. The van der Waals surface area contributed by atoms with Crippen LogP contribution in [-0.4, -0.2) is 24.0 Å². The third-order valence-corrected chi connectivity index (χ3v) is 3.24. The molecule has 0 unspecified atom stereocenters. The van der Waals surface area contributed by atoms with Crippen LogP contribution in [0.25, 0.3) is 0 Å². The van der Waals surface area contributed by atoms with Crippen molar-refractivity contribution in [3.63, 3.8) is 0 Å². The van der Waals surface area contributed by atoms with Gasteiger partial charge in [0, 0.05) is 10.7 Å². The molecule has 0 aliphatic heterocycles. The highest BCUT2D eigenvalue weighted by Gasteiger charge is 2.11. The van der Waals surface area contributed by atoms with Gasteiger partial charge in [-0.05, 0) is 40.2 Å². The highest BCUT2D eigenvalue weighted by Crippen LogP contribution is 2.17. The largest absolute Gasteiger partial charge is 0.465 e. The Morgan fingerprint density at radius 1 is 1.20 bits per heavy atom. The standard InChI is InChI=1S/C14H11BrN2O3/c1-20-14(19)9-6-7-12(16-8-9)17-13(18)10-4-2-3-5-11(10)15/h2-8H,1H3,(H,16,17,18). The van der Waals surface area contributed by atoms with Gasteiger partial charge in [0.1, 0.15) is 5.82 Å². The van der Waals surface area contributed by atoms with Crippen LogP contribution >= 0.6 is 15.9 Å². The predicted octanol–water partition coefficient (Wildman–Crippen LogP) is 2.88. The Morgan fingerprint density at radius 3 is 2.55 bits per heavy atom. The van der Waals surface area contributed by atoms with Crippen molar-refractivity contribution in [2.24, 2.45) is 0 Å². The van der Waals surface area contributed by atoms with Crippen LogP contribution in [0, 0.1) is 0 Å². The van der Waals surface area contributed by atoms with Gasteiger partial charge in [-0.2, -0.15) is 0 Å². The van der Waals surface area contributed by atoms with E-state index in [4.69, 9.17) is 0 Å². The Morgan fingerprint density at radius 2 is 1.95 bits per heavy atom. The van der Waals surface area contributed by atoms with Gasteiger partial charge in [-0.25, -0.2) is 9.78 Å². The number of amides is 1.